The number of hydrogen-bond donors (Lipinski definition) is 0. The molecule has 0 bridgehead atoms. The van der Waals surface area contributed by atoms with Gasteiger partial charge in [-0.2, -0.15) is 9.50 Å². The zero-order chi connectivity index (χ0) is 22.8. The molecule has 0 aliphatic heterocycles. The van der Waals surface area contributed by atoms with Gasteiger partial charge in [-0.3, -0.25) is 4.79 Å². The van der Waals surface area contributed by atoms with Crippen LogP contribution in [0.15, 0.2) is 77.6 Å². The Morgan fingerprint density at radius 2 is 1.85 bits per heavy atom. The van der Waals surface area contributed by atoms with Gasteiger partial charge in [0.05, 0.1) is 11.6 Å². The summed E-state index contributed by atoms with van der Waals surface area (Å²) >= 11 is 1.31. The molecule has 0 spiro atoms. The summed E-state index contributed by atoms with van der Waals surface area (Å²) in [5.41, 5.74) is 3.73. The SMILES string of the molecule is COc1cc(C=c2sc3nc(-c4cccc(C)c4)nn3c2=O)ccc1OCc1ccccc1. The molecule has 2 aromatic heterocycles. The van der Waals surface area contributed by atoms with Crippen LogP contribution in [-0.4, -0.2) is 21.7 Å². The van der Waals surface area contributed by atoms with Crippen LogP contribution < -0.4 is 19.6 Å². The fourth-order valence-corrected chi connectivity index (χ4v) is 4.43. The van der Waals surface area contributed by atoms with Gasteiger partial charge in [0.1, 0.15) is 6.61 Å². The number of nitrogens with zero attached hydrogens (tertiary/aromatic N) is 3. The Bertz CT molecular complexity index is 1540. The number of aryl methyl sites for hydroxylation is 1. The Kier molecular flexibility index (Phi) is 5.62. The maximum atomic E-state index is 12.9. The van der Waals surface area contributed by atoms with Crippen LogP contribution >= 0.6 is 11.3 Å². The van der Waals surface area contributed by atoms with E-state index in [1.54, 1.807) is 7.11 Å². The van der Waals surface area contributed by atoms with E-state index in [0.717, 1.165) is 22.3 Å². The standard InChI is InChI=1S/C26H21N3O3S/c1-17-7-6-10-20(13-17)24-27-26-29(28-24)25(30)23(33-26)15-19-11-12-21(22(14-19)31-2)32-16-18-8-4-3-5-9-18/h3-15H,16H2,1-2H3. The molecule has 5 aromatic rings. The molecule has 0 atom stereocenters. The summed E-state index contributed by atoms with van der Waals surface area (Å²) in [6, 6.07) is 23.5. The second kappa shape index (κ2) is 8.88. The van der Waals surface area contributed by atoms with Crippen molar-refractivity contribution in [1.29, 1.82) is 0 Å². The number of thiazole rings is 1. The summed E-state index contributed by atoms with van der Waals surface area (Å²) in [6.07, 6.45) is 1.82. The van der Waals surface area contributed by atoms with Crippen molar-refractivity contribution in [3.63, 3.8) is 0 Å². The van der Waals surface area contributed by atoms with Gasteiger partial charge < -0.3 is 9.47 Å². The number of hydrogen-bond acceptors (Lipinski definition) is 6. The lowest BCUT2D eigenvalue weighted by molar-refractivity contribution is 0.284. The molecule has 164 valence electrons. The zero-order valence-electron chi connectivity index (χ0n) is 18.2. The predicted molar refractivity (Wildman–Crippen MR) is 130 cm³/mol. The van der Waals surface area contributed by atoms with E-state index >= 15 is 0 Å². The van der Waals surface area contributed by atoms with E-state index in [4.69, 9.17) is 9.47 Å². The van der Waals surface area contributed by atoms with Crippen LogP contribution in [0, 0.1) is 6.92 Å². The zero-order valence-corrected chi connectivity index (χ0v) is 19.0. The van der Waals surface area contributed by atoms with Crippen molar-refractivity contribution in [3.8, 4) is 22.9 Å². The first-order chi connectivity index (χ1) is 16.1. The lowest BCUT2D eigenvalue weighted by Gasteiger charge is -2.11. The number of rotatable bonds is 6. The quantitative estimate of drug-likeness (QED) is 0.383. The highest BCUT2D eigenvalue weighted by Gasteiger charge is 2.12. The fourth-order valence-electron chi connectivity index (χ4n) is 3.52. The topological polar surface area (TPSA) is 65.7 Å². The number of fused-ring (bicyclic) bond motifs is 1. The summed E-state index contributed by atoms with van der Waals surface area (Å²) in [5.74, 6) is 1.80. The third-order valence-electron chi connectivity index (χ3n) is 5.18. The second-order valence-electron chi connectivity index (χ2n) is 7.60. The van der Waals surface area contributed by atoms with Gasteiger partial charge in [-0.1, -0.05) is 71.5 Å². The fraction of sp³-hybridized carbons (Fsp3) is 0.115. The molecular formula is C26H21N3O3S. The van der Waals surface area contributed by atoms with Crippen LogP contribution in [0.1, 0.15) is 16.7 Å². The third-order valence-corrected chi connectivity index (χ3v) is 6.14. The molecule has 0 fully saturated rings. The van der Waals surface area contributed by atoms with E-state index in [9.17, 15) is 4.79 Å². The first kappa shape index (κ1) is 20.9. The van der Waals surface area contributed by atoms with Crippen LogP contribution in [0.4, 0.5) is 0 Å². The summed E-state index contributed by atoms with van der Waals surface area (Å²) < 4.78 is 13.4. The molecule has 0 aliphatic rings. The highest BCUT2D eigenvalue weighted by molar-refractivity contribution is 7.15. The van der Waals surface area contributed by atoms with Gasteiger partial charge >= 0.3 is 0 Å². The first-order valence-corrected chi connectivity index (χ1v) is 11.3. The minimum atomic E-state index is -0.190. The van der Waals surface area contributed by atoms with Crippen molar-refractivity contribution in [2.75, 3.05) is 7.11 Å². The van der Waals surface area contributed by atoms with Crippen molar-refractivity contribution in [1.82, 2.24) is 14.6 Å². The number of aromatic nitrogens is 3. The Labute approximate surface area is 194 Å². The molecule has 0 saturated carbocycles. The number of methoxy groups -OCH3 is 1. The molecule has 7 heteroatoms. The van der Waals surface area contributed by atoms with E-state index in [1.807, 2.05) is 85.8 Å². The van der Waals surface area contributed by atoms with Crippen LogP contribution in [0.25, 0.3) is 22.4 Å². The maximum absolute atomic E-state index is 12.9. The van der Waals surface area contributed by atoms with Crippen molar-refractivity contribution in [2.24, 2.45) is 0 Å². The molecule has 0 aliphatic carbocycles. The molecule has 2 heterocycles. The number of ether oxygens (including phenoxy) is 2. The molecule has 0 saturated heterocycles. The second-order valence-corrected chi connectivity index (χ2v) is 8.61. The minimum absolute atomic E-state index is 0.190. The van der Waals surface area contributed by atoms with Crippen molar-refractivity contribution in [3.05, 3.63) is 104 Å². The van der Waals surface area contributed by atoms with E-state index in [0.29, 0.717) is 33.4 Å². The van der Waals surface area contributed by atoms with E-state index < -0.39 is 0 Å². The smallest absolute Gasteiger partial charge is 0.291 e. The Morgan fingerprint density at radius 3 is 2.61 bits per heavy atom. The Hall–Kier alpha value is -3.97. The van der Waals surface area contributed by atoms with Crippen molar-refractivity contribution >= 4 is 22.4 Å². The molecule has 0 N–H and O–H groups in total. The van der Waals surface area contributed by atoms with Gasteiger partial charge in [0.15, 0.2) is 17.3 Å². The average molecular weight is 456 g/mol. The van der Waals surface area contributed by atoms with Gasteiger partial charge in [0.25, 0.3) is 5.56 Å². The predicted octanol–water partition coefficient (Wildman–Crippen LogP) is 4.26. The van der Waals surface area contributed by atoms with Crippen LogP contribution in [0.5, 0.6) is 11.5 Å². The van der Waals surface area contributed by atoms with E-state index in [1.165, 1.54) is 15.9 Å². The summed E-state index contributed by atoms with van der Waals surface area (Å²) in [5, 5.41) is 4.43. The van der Waals surface area contributed by atoms with Gasteiger partial charge in [-0.25, -0.2) is 0 Å². The van der Waals surface area contributed by atoms with Gasteiger partial charge in [0.2, 0.25) is 4.96 Å². The molecule has 0 amide bonds. The molecule has 3 aromatic carbocycles. The summed E-state index contributed by atoms with van der Waals surface area (Å²) in [7, 11) is 1.60. The van der Waals surface area contributed by atoms with E-state index in [-0.39, 0.29) is 5.56 Å². The number of benzene rings is 3. The van der Waals surface area contributed by atoms with Gasteiger partial charge in [0, 0.05) is 5.56 Å². The largest absolute Gasteiger partial charge is 0.493 e. The minimum Gasteiger partial charge on any atom is -0.493 e. The van der Waals surface area contributed by atoms with E-state index in [2.05, 4.69) is 10.1 Å². The monoisotopic (exact) mass is 455 g/mol. The molecule has 0 radical (unpaired) electrons. The summed E-state index contributed by atoms with van der Waals surface area (Å²) in [4.78, 5) is 18.0. The summed E-state index contributed by atoms with van der Waals surface area (Å²) in [6.45, 7) is 2.46. The van der Waals surface area contributed by atoms with Crippen LogP contribution in [0.3, 0.4) is 0 Å². The van der Waals surface area contributed by atoms with Crippen LogP contribution in [0.2, 0.25) is 0 Å². The lowest BCUT2D eigenvalue weighted by atomic mass is 10.1. The van der Waals surface area contributed by atoms with Crippen molar-refractivity contribution in [2.45, 2.75) is 13.5 Å². The van der Waals surface area contributed by atoms with Crippen molar-refractivity contribution < 1.29 is 9.47 Å². The molecule has 6 nitrogen and oxygen atoms in total. The van der Waals surface area contributed by atoms with Gasteiger partial charge in [-0.15, -0.1) is 5.10 Å². The van der Waals surface area contributed by atoms with Crippen LogP contribution in [-0.2, 0) is 6.61 Å². The molecule has 5 rings (SSSR count). The normalized spacial score (nSPS) is 11.8. The molecule has 33 heavy (non-hydrogen) atoms. The Balaban J connectivity index is 1.43. The molecular weight excluding hydrogens is 434 g/mol. The highest BCUT2D eigenvalue weighted by atomic mass is 32.1. The highest BCUT2D eigenvalue weighted by Crippen LogP contribution is 2.29. The third kappa shape index (κ3) is 4.36. The lowest BCUT2D eigenvalue weighted by Crippen LogP contribution is -2.23. The average Bonchev–Trinajstić information content (AvgIpc) is 3.38. The first-order valence-electron chi connectivity index (χ1n) is 10.4. The van der Waals surface area contributed by atoms with Gasteiger partial charge in [-0.05, 0) is 42.3 Å². The maximum Gasteiger partial charge on any atom is 0.291 e. The Morgan fingerprint density at radius 1 is 1.00 bits per heavy atom. The molecule has 0 unspecified atom stereocenters.